The smallest absolute Gasteiger partial charge is 0.404 e. The van der Waals surface area contributed by atoms with E-state index in [1.807, 2.05) is 97.2 Å². The lowest BCUT2D eigenvalue weighted by molar-refractivity contribution is -0.0980. The average molecular weight is 956 g/mol. The number of aryl methyl sites for hydroxylation is 2. The molecular weight excluding hydrogens is 879 g/mol. The van der Waals surface area contributed by atoms with Crippen molar-refractivity contribution in [1.82, 2.24) is 19.6 Å². The van der Waals surface area contributed by atoms with Crippen molar-refractivity contribution in [2.24, 2.45) is 27.9 Å². The summed E-state index contributed by atoms with van der Waals surface area (Å²) in [4.78, 5) is 46.4. The molecule has 0 saturated heterocycles. The topological polar surface area (TPSA) is 324 Å². The van der Waals surface area contributed by atoms with Crippen molar-refractivity contribution in [2.75, 3.05) is 67.8 Å². The fourth-order valence-electron chi connectivity index (χ4n) is 5.02. The first-order valence-corrected chi connectivity index (χ1v) is 22.5. The van der Waals surface area contributed by atoms with Crippen LogP contribution in [0.3, 0.4) is 0 Å². The number of aliphatic imine (C=N–C) groups is 1. The van der Waals surface area contributed by atoms with Crippen molar-refractivity contribution >= 4 is 72.0 Å². The van der Waals surface area contributed by atoms with Gasteiger partial charge < -0.3 is 64.0 Å². The van der Waals surface area contributed by atoms with Gasteiger partial charge in [-0.15, -0.1) is 0 Å². The van der Waals surface area contributed by atoms with Crippen LogP contribution < -0.4 is 54.5 Å². The molecule has 0 atom stereocenters. The summed E-state index contributed by atoms with van der Waals surface area (Å²) in [7, 11) is 1.50. The molecule has 20 nitrogen and oxygen atoms in total. The van der Waals surface area contributed by atoms with Crippen LogP contribution in [0.2, 0.25) is 0 Å². The Labute approximate surface area is 402 Å². The summed E-state index contributed by atoms with van der Waals surface area (Å²) >= 11 is 4.28. The Hall–Kier alpha value is -7.00. The Kier molecular flexibility index (Phi) is 38.9. The standard InChI is InChI=1S/C35H45N11O4S.C3H7NO2.3C2H6.CH5N.CH2O/c1-3-46-27(15-23(2)44-46)21-42-29-17-25(35(39)48)19-31(50-13-8-14-51)33(29)41-10-5-4-9-40-32-28(37)16-24(34(38)47)18-30(32)49-12-7-6-11-45-22-26(36)20-43-45;1-2-6-3(4)5;5*1-2/h4-7,15-22,40-41,51H,3,8-14,36-37H2,1-2H3,(H2,38,47)(H2,39,48);2H2,1H3,(H2,4,5);3*1-2H3;2H2,1H3;1H2/b5-4+,7-6+,42-21?;;;;;;. The first-order valence-electron chi connectivity index (χ1n) is 21.9. The molecule has 4 aromatic rings. The minimum Gasteiger partial charge on any atom is -0.491 e. The number of thiol groups is 1. The molecular formula is C46H77N13O7S. The van der Waals surface area contributed by atoms with Gasteiger partial charge in [-0.3, -0.25) is 23.9 Å². The van der Waals surface area contributed by atoms with Crippen molar-refractivity contribution in [3.63, 3.8) is 0 Å². The van der Waals surface area contributed by atoms with Gasteiger partial charge in [-0.25, -0.2) is 4.79 Å². The molecule has 2 aromatic heterocycles. The van der Waals surface area contributed by atoms with Gasteiger partial charge in [0.15, 0.2) is 0 Å². The zero-order valence-electron chi connectivity index (χ0n) is 41.0. The number of nitrogens with two attached hydrogens (primary N) is 6. The molecule has 4 rings (SSSR count). The van der Waals surface area contributed by atoms with Crippen LogP contribution in [0.1, 0.15) is 93.9 Å². The first kappa shape index (κ1) is 64.3. The van der Waals surface area contributed by atoms with E-state index in [9.17, 15) is 14.4 Å². The molecule has 0 aliphatic carbocycles. The van der Waals surface area contributed by atoms with E-state index in [1.165, 1.54) is 13.1 Å². The van der Waals surface area contributed by atoms with E-state index in [0.29, 0.717) is 91.5 Å². The molecule has 2 aromatic carbocycles. The van der Waals surface area contributed by atoms with Gasteiger partial charge in [0.2, 0.25) is 11.8 Å². The van der Waals surface area contributed by atoms with Gasteiger partial charge in [0.1, 0.15) is 36.3 Å². The van der Waals surface area contributed by atoms with Gasteiger partial charge in [-0.2, -0.15) is 22.8 Å². The molecule has 21 heteroatoms. The summed E-state index contributed by atoms with van der Waals surface area (Å²) in [6.45, 7) is 22.5. The number of benzene rings is 2. The molecule has 14 N–H and O–H groups in total. The van der Waals surface area contributed by atoms with E-state index in [-0.39, 0.29) is 17.7 Å². The maximum Gasteiger partial charge on any atom is 0.404 e. The van der Waals surface area contributed by atoms with E-state index >= 15 is 0 Å². The summed E-state index contributed by atoms with van der Waals surface area (Å²) in [5.74, 6) is 0.241. The van der Waals surface area contributed by atoms with Crippen molar-refractivity contribution in [2.45, 2.75) is 81.8 Å². The quantitative estimate of drug-likeness (QED) is 0.0141. The highest BCUT2D eigenvalue weighted by atomic mass is 32.1. The Morgan fingerprint density at radius 3 is 1.88 bits per heavy atom. The van der Waals surface area contributed by atoms with E-state index in [1.54, 1.807) is 48.4 Å². The minimum absolute atomic E-state index is 0.213. The number of carbonyl (C=O) groups is 4. The third-order valence-electron chi connectivity index (χ3n) is 7.61. The SMILES string of the molecule is C=O.CC.CC.CC.CCOC(N)=O.CCn1nc(C)cc1C=Nc1cc(C(N)=O)cc(OCCCS)c1NC/C=C/CNc1c(N)cc(C(N)=O)cc1OC/C=C/Cn1cc(N)cn1.CN. The Bertz CT molecular complexity index is 2070. The number of allylic oxidation sites excluding steroid dienone is 1. The maximum absolute atomic E-state index is 12.2. The van der Waals surface area contributed by atoms with Crippen LogP contribution in [-0.4, -0.2) is 96.2 Å². The number of rotatable bonds is 21. The van der Waals surface area contributed by atoms with Crippen LogP contribution in [0.4, 0.5) is 33.2 Å². The van der Waals surface area contributed by atoms with Gasteiger partial charge in [0.05, 0.1) is 60.6 Å². The number of aromatic nitrogens is 4. The van der Waals surface area contributed by atoms with Crippen LogP contribution in [0.15, 0.2) is 72.0 Å². The lowest BCUT2D eigenvalue weighted by atomic mass is 10.1. The van der Waals surface area contributed by atoms with E-state index in [0.717, 1.165) is 11.4 Å². The zero-order valence-corrected chi connectivity index (χ0v) is 41.9. The van der Waals surface area contributed by atoms with Gasteiger partial charge in [-0.1, -0.05) is 59.8 Å². The minimum atomic E-state index is -0.711. The lowest BCUT2D eigenvalue weighted by Crippen LogP contribution is -2.14. The van der Waals surface area contributed by atoms with Gasteiger partial charge in [0.25, 0.3) is 0 Å². The zero-order chi connectivity index (χ0) is 51.7. The highest BCUT2D eigenvalue weighted by molar-refractivity contribution is 7.80. The monoisotopic (exact) mass is 956 g/mol. The van der Waals surface area contributed by atoms with Crippen molar-refractivity contribution in [3.8, 4) is 11.5 Å². The number of hydrogen-bond donors (Lipinski definition) is 9. The van der Waals surface area contributed by atoms with Gasteiger partial charge in [-0.05, 0) is 76.4 Å². The maximum atomic E-state index is 12.2. The second-order valence-corrected chi connectivity index (χ2v) is 12.5. The fourth-order valence-corrected chi connectivity index (χ4v) is 5.15. The molecule has 0 fully saturated rings. The molecule has 0 saturated carbocycles. The number of nitrogens with zero attached hydrogens (tertiary/aromatic N) is 5. The summed E-state index contributed by atoms with van der Waals surface area (Å²) in [5, 5.41) is 15.2. The number of carbonyl (C=O) groups excluding carboxylic acids is 4. The second-order valence-electron chi connectivity index (χ2n) is 12.0. The highest BCUT2D eigenvalue weighted by Gasteiger charge is 2.16. The fraction of sp³-hybridized carbons (Fsp3) is 0.413. The molecule has 0 aliphatic rings. The first-order chi connectivity index (χ1) is 32.4. The van der Waals surface area contributed by atoms with Crippen LogP contribution in [0.5, 0.6) is 11.5 Å². The largest absolute Gasteiger partial charge is 0.491 e. The Balaban J connectivity index is -0.00000226. The number of hydrogen-bond acceptors (Lipinski definition) is 16. The number of amides is 3. The summed E-state index contributed by atoms with van der Waals surface area (Å²) in [6.07, 6.45) is 12.5. The second kappa shape index (κ2) is 40.5. The number of anilines is 4. The lowest BCUT2D eigenvalue weighted by Gasteiger charge is -2.16. The molecule has 0 aliphatic heterocycles. The molecule has 374 valence electrons. The third-order valence-corrected chi connectivity index (χ3v) is 7.92. The molecule has 2 heterocycles. The Morgan fingerprint density at radius 1 is 0.821 bits per heavy atom. The van der Waals surface area contributed by atoms with Crippen molar-refractivity contribution in [1.29, 1.82) is 0 Å². The van der Waals surface area contributed by atoms with Crippen LogP contribution in [-0.2, 0) is 22.6 Å². The summed E-state index contributed by atoms with van der Waals surface area (Å²) < 4.78 is 19.7. The molecule has 67 heavy (non-hydrogen) atoms. The van der Waals surface area contributed by atoms with Gasteiger partial charge in [0, 0.05) is 37.0 Å². The highest BCUT2D eigenvalue weighted by Crippen LogP contribution is 2.37. The summed E-state index contributed by atoms with van der Waals surface area (Å²) in [6, 6.07) is 8.22. The predicted molar refractivity (Wildman–Crippen MR) is 278 cm³/mol. The van der Waals surface area contributed by atoms with Crippen molar-refractivity contribution in [3.05, 3.63) is 89.5 Å². The molecule has 0 unspecified atom stereocenters. The molecule has 3 amide bonds. The molecule has 0 radical (unpaired) electrons. The van der Waals surface area contributed by atoms with Crippen LogP contribution in [0, 0.1) is 6.92 Å². The normalized spacial score (nSPS) is 9.85. The average Bonchev–Trinajstić information content (AvgIpc) is 3.93. The van der Waals surface area contributed by atoms with Crippen LogP contribution >= 0.6 is 12.6 Å². The number of nitrogens with one attached hydrogen (secondary N) is 2. The third kappa shape index (κ3) is 25.9. The molecule has 0 spiro atoms. The van der Waals surface area contributed by atoms with E-state index in [4.69, 9.17) is 42.2 Å². The number of primary amides is 3. The predicted octanol–water partition coefficient (Wildman–Crippen LogP) is 6.51. The molecule has 0 bridgehead atoms. The van der Waals surface area contributed by atoms with E-state index in [2.05, 4.69) is 49.7 Å². The van der Waals surface area contributed by atoms with E-state index < -0.39 is 17.9 Å². The van der Waals surface area contributed by atoms with Crippen molar-refractivity contribution < 1.29 is 33.4 Å². The number of ether oxygens (including phenoxy) is 3. The van der Waals surface area contributed by atoms with Crippen LogP contribution in [0.25, 0.3) is 0 Å². The van der Waals surface area contributed by atoms with Gasteiger partial charge >= 0.3 is 6.09 Å². The Morgan fingerprint density at radius 2 is 1.39 bits per heavy atom. The number of nitrogen functional groups attached to an aromatic ring is 2. The summed E-state index contributed by atoms with van der Waals surface area (Å²) in [5.41, 5.74) is 36.9.